The lowest BCUT2D eigenvalue weighted by Crippen LogP contribution is -2.21. The van der Waals surface area contributed by atoms with Gasteiger partial charge in [-0.15, -0.1) is 0 Å². The van der Waals surface area contributed by atoms with E-state index in [1.807, 2.05) is 6.07 Å². The van der Waals surface area contributed by atoms with E-state index in [2.05, 4.69) is 12.2 Å². The number of amides is 1. The number of halogens is 1. The Morgan fingerprint density at radius 2 is 1.81 bits per heavy atom. The second-order valence-electron chi connectivity index (χ2n) is 5.59. The highest BCUT2D eigenvalue weighted by Crippen LogP contribution is 2.23. The summed E-state index contributed by atoms with van der Waals surface area (Å²) in [5.74, 6) is -0.00529. The number of rotatable bonds is 9. The van der Waals surface area contributed by atoms with Gasteiger partial charge in [0.25, 0.3) is 5.91 Å². The van der Waals surface area contributed by atoms with Crippen molar-refractivity contribution < 1.29 is 4.79 Å². The number of nitrogens with zero attached hydrogens (tertiary/aromatic N) is 1. The molecule has 1 N–H and O–H groups in total. The molecule has 0 heterocycles. The van der Waals surface area contributed by atoms with Crippen molar-refractivity contribution in [1.29, 1.82) is 0 Å². The topological polar surface area (TPSA) is 32.3 Å². The fourth-order valence-electron chi connectivity index (χ4n) is 2.18. The quantitative estimate of drug-likeness (QED) is 0.664. The Morgan fingerprint density at radius 1 is 1.14 bits per heavy atom. The fraction of sp³-hybridized carbons (Fsp3) is 0.588. The third-order valence-electron chi connectivity index (χ3n) is 3.47. The summed E-state index contributed by atoms with van der Waals surface area (Å²) in [4.78, 5) is 13.5. The number of anilines is 1. The van der Waals surface area contributed by atoms with E-state index in [0.29, 0.717) is 10.6 Å². The van der Waals surface area contributed by atoms with Crippen LogP contribution < -0.4 is 5.32 Å². The molecule has 21 heavy (non-hydrogen) atoms. The number of nitrogens with one attached hydrogen (secondary N) is 1. The monoisotopic (exact) mass is 310 g/mol. The Morgan fingerprint density at radius 3 is 2.48 bits per heavy atom. The Hall–Kier alpha value is -1.22. The van der Waals surface area contributed by atoms with Gasteiger partial charge in [-0.2, -0.15) is 0 Å². The minimum Gasteiger partial charge on any atom is -0.384 e. The van der Waals surface area contributed by atoms with Crippen LogP contribution in [0.1, 0.15) is 55.8 Å². The van der Waals surface area contributed by atoms with Crippen molar-refractivity contribution in [2.75, 3.05) is 26.0 Å². The molecule has 0 aliphatic carbocycles. The lowest BCUT2D eigenvalue weighted by Gasteiger charge is -2.13. The third kappa shape index (κ3) is 6.38. The SMILES string of the molecule is CCCCCCCCNc1cc(C(=O)N(C)C)ccc1Cl. The molecule has 1 rings (SSSR count). The van der Waals surface area contributed by atoms with Crippen LogP contribution in [0.25, 0.3) is 0 Å². The van der Waals surface area contributed by atoms with E-state index in [1.165, 1.54) is 32.1 Å². The summed E-state index contributed by atoms with van der Waals surface area (Å²) >= 11 is 6.17. The molecule has 1 aromatic rings. The Kier molecular flexibility index (Phi) is 8.21. The van der Waals surface area contributed by atoms with Gasteiger partial charge in [0.1, 0.15) is 0 Å². The molecular weight excluding hydrogens is 284 g/mol. The van der Waals surface area contributed by atoms with Crippen molar-refractivity contribution >= 4 is 23.2 Å². The maximum Gasteiger partial charge on any atom is 0.253 e. The molecule has 4 heteroatoms. The molecule has 0 spiro atoms. The first kappa shape index (κ1) is 17.8. The molecule has 1 amide bonds. The van der Waals surface area contributed by atoms with Crippen molar-refractivity contribution in [3.05, 3.63) is 28.8 Å². The molecular formula is C17H27ClN2O. The van der Waals surface area contributed by atoms with Crippen LogP contribution in [0.15, 0.2) is 18.2 Å². The van der Waals surface area contributed by atoms with Crippen LogP contribution in [-0.4, -0.2) is 31.4 Å². The van der Waals surface area contributed by atoms with Crippen LogP contribution in [-0.2, 0) is 0 Å². The zero-order valence-electron chi connectivity index (χ0n) is 13.4. The summed E-state index contributed by atoms with van der Waals surface area (Å²) < 4.78 is 0. The number of hydrogen-bond donors (Lipinski definition) is 1. The van der Waals surface area contributed by atoms with Crippen molar-refractivity contribution in [3.63, 3.8) is 0 Å². The minimum atomic E-state index is -0.00529. The first-order valence-electron chi connectivity index (χ1n) is 7.81. The maximum absolute atomic E-state index is 11.9. The average Bonchev–Trinajstić information content (AvgIpc) is 2.47. The van der Waals surface area contributed by atoms with E-state index in [4.69, 9.17) is 11.6 Å². The standard InChI is InChI=1S/C17H27ClN2O/c1-4-5-6-7-8-9-12-19-16-13-14(10-11-15(16)18)17(21)20(2)3/h10-11,13,19H,4-9,12H2,1-3H3. The predicted octanol–water partition coefficient (Wildman–Crippen LogP) is 4.81. The van der Waals surface area contributed by atoms with Gasteiger partial charge in [0, 0.05) is 26.2 Å². The van der Waals surface area contributed by atoms with Crippen LogP contribution in [0, 0.1) is 0 Å². The Balaban J connectivity index is 2.44. The molecule has 1 aromatic carbocycles. The number of carbonyl (C=O) groups excluding carboxylic acids is 1. The smallest absolute Gasteiger partial charge is 0.253 e. The zero-order chi connectivity index (χ0) is 15.7. The van der Waals surface area contributed by atoms with Gasteiger partial charge in [-0.05, 0) is 24.6 Å². The molecule has 0 atom stereocenters. The van der Waals surface area contributed by atoms with Crippen molar-refractivity contribution in [2.45, 2.75) is 45.4 Å². The van der Waals surface area contributed by atoms with E-state index >= 15 is 0 Å². The first-order valence-corrected chi connectivity index (χ1v) is 8.19. The van der Waals surface area contributed by atoms with E-state index in [9.17, 15) is 4.79 Å². The van der Waals surface area contributed by atoms with Gasteiger partial charge in [0.2, 0.25) is 0 Å². The maximum atomic E-state index is 11.9. The van der Waals surface area contributed by atoms with Crippen LogP contribution in [0.2, 0.25) is 5.02 Å². The molecule has 0 aliphatic rings. The third-order valence-corrected chi connectivity index (χ3v) is 3.79. The number of unbranched alkanes of at least 4 members (excludes halogenated alkanes) is 5. The largest absolute Gasteiger partial charge is 0.384 e. The number of carbonyl (C=O) groups is 1. The molecule has 0 radical (unpaired) electrons. The van der Waals surface area contributed by atoms with Crippen LogP contribution >= 0.6 is 11.6 Å². The molecule has 0 unspecified atom stereocenters. The Bertz CT molecular complexity index is 446. The van der Waals surface area contributed by atoms with Crippen molar-refractivity contribution in [1.82, 2.24) is 4.90 Å². The van der Waals surface area contributed by atoms with Gasteiger partial charge >= 0.3 is 0 Å². The van der Waals surface area contributed by atoms with Crippen molar-refractivity contribution in [3.8, 4) is 0 Å². The van der Waals surface area contributed by atoms with Gasteiger partial charge in [-0.25, -0.2) is 0 Å². The van der Waals surface area contributed by atoms with Crippen LogP contribution in [0.3, 0.4) is 0 Å². The highest BCUT2D eigenvalue weighted by molar-refractivity contribution is 6.33. The molecule has 0 bridgehead atoms. The summed E-state index contributed by atoms with van der Waals surface area (Å²) in [6.45, 7) is 3.12. The molecule has 0 saturated heterocycles. The Labute approximate surface area is 133 Å². The summed E-state index contributed by atoms with van der Waals surface area (Å²) in [7, 11) is 3.50. The molecule has 0 aliphatic heterocycles. The zero-order valence-corrected chi connectivity index (χ0v) is 14.2. The fourth-order valence-corrected chi connectivity index (χ4v) is 2.36. The van der Waals surface area contributed by atoms with E-state index in [1.54, 1.807) is 31.1 Å². The van der Waals surface area contributed by atoms with Gasteiger partial charge in [0.05, 0.1) is 10.7 Å². The average molecular weight is 311 g/mol. The summed E-state index contributed by atoms with van der Waals surface area (Å²) in [6.07, 6.45) is 7.59. The molecule has 118 valence electrons. The molecule has 0 saturated carbocycles. The minimum absolute atomic E-state index is 0.00529. The van der Waals surface area contributed by atoms with Gasteiger partial charge in [-0.1, -0.05) is 50.6 Å². The molecule has 0 fully saturated rings. The van der Waals surface area contributed by atoms with E-state index in [0.717, 1.165) is 18.7 Å². The summed E-state index contributed by atoms with van der Waals surface area (Å²) in [6, 6.07) is 5.38. The lowest BCUT2D eigenvalue weighted by atomic mass is 10.1. The number of hydrogen-bond acceptors (Lipinski definition) is 2. The van der Waals surface area contributed by atoms with Gasteiger partial charge in [0.15, 0.2) is 0 Å². The van der Waals surface area contributed by atoms with Crippen LogP contribution in [0.5, 0.6) is 0 Å². The molecule has 3 nitrogen and oxygen atoms in total. The highest BCUT2D eigenvalue weighted by atomic mass is 35.5. The van der Waals surface area contributed by atoms with E-state index in [-0.39, 0.29) is 5.91 Å². The molecule has 0 aromatic heterocycles. The van der Waals surface area contributed by atoms with Gasteiger partial charge in [-0.3, -0.25) is 4.79 Å². The van der Waals surface area contributed by atoms with Crippen LogP contribution in [0.4, 0.5) is 5.69 Å². The van der Waals surface area contributed by atoms with Crippen molar-refractivity contribution in [2.24, 2.45) is 0 Å². The second-order valence-corrected chi connectivity index (χ2v) is 6.00. The summed E-state index contributed by atoms with van der Waals surface area (Å²) in [5, 5.41) is 4.00. The predicted molar refractivity (Wildman–Crippen MR) is 91.3 cm³/mol. The van der Waals surface area contributed by atoms with E-state index < -0.39 is 0 Å². The second kappa shape index (κ2) is 9.67. The first-order chi connectivity index (χ1) is 10.1. The summed E-state index contributed by atoms with van der Waals surface area (Å²) in [5.41, 5.74) is 1.51. The lowest BCUT2D eigenvalue weighted by molar-refractivity contribution is 0.0827. The normalized spacial score (nSPS) is 10.5. The van der Waals surface area contributed by atoms with Gasteiger partial charge < -0.3 is 10.2 Å². The number of benzene rings is 1. The highest BCUT2D eigenvalue weighted by Gasteiger charge is 2.10.